The van der Waals surface area contributed by atoms with Crippen molar-refractivity contribution < 1.29 is 19.1 Å². The Balaban J connectivity index is 2.12. The maximum absolute atomic E-state index is 12.2. The van der Waals surface area contributed by atoms with Crippen LogP contribution < -0.4 is 0 Å². The summed E-state index contributed by atoms with van der Waals surface area (Å²) in [5, 5.41) is 0. The second-order valence-corrected chi connectivity index (χ2v) is 6.72. The molecule has 1 aromatic carbocycles. The molecule has 0 spiro atoms. The largest absolute Gasteiger partial charge is 0.463 e. The molecular weight excluding hydrogens is 306 g/mol. The van der Waals surface area contributed by atoms with E-state index in [-0.39, 0.29) is 12.1 Å². The van der Waals surface area contributed by atoms with Crippen LogP contribution in [0, 0.1) is 0 Å². The highest BCUT2D eigenvalue weighted by Gasteiger charge is 2.26. The summed E-state index contributed by atoms with van der Waals surface area (Å²) >= 11 is 0. The topological polar surface area (TPSA) is 55.8 Å². The van der Waals surface area contributed by atoms with Gasteiger partial charge >= 0.3 is 12.1 Å². The monoisotopic (exact) mass is 331 g/mol. The minimum atomic E-state index is -0.498. The van der Waals surface area contributed by atoms with Crippen LogP contribution in [0.1, 0.15) is 44.4 Å². The number of carbonyl (C=O) groups is 2. The first-order chi connectivity index (χ1) is 11.3. The van der Waals surface area contributed by atoms with E-state index in [0.717, 1.165) is 23.1 Å². The maximum atomic E-state index is 12.2. The molecule has 1 aromatic rings. The second kappa shape index (κ2) is 7.51. The molecule has 1 aliphatic heterocycles. The number of nitrogens with zero attached hydrogens (tertiary/aromatic N) is 1. The molecule has 1 aliphatic rings. The number of hydrogen-bond donors (Lipinski definition) is 0. The number of benzene rings is 1. The van der Waals surface area contributed by atoms with E-state index in [1.807, 2.05) is 39.0 Å². The lowest BCUT2D eigenvalue weighted by Crippen LogP contribution is -2.40. The number of amides is 1. The van der Waals surface area contributed by atoms with Gasteiger partial charge in [0.2, 0.25) is 0 Å². The summed E-state index contributed by atoms with van der Waals surface area (Å²) in [5.41, 5.74) is 2.74. The van der Waals surface area contributed by atoms with Gasteiger partial charge in [0.25, 0.3) is 0 Å². The highest BCUT2D eigenvalue weighted by atomic mass is 16.6. The Labute approximate surface area is 143 Å². The van der Waals surface area contributed by atoms with Gasteiger partial charge in [-0.15, -0.1) is 0 Å². The van der Waals surface area contributed by atoms with Gasteiger partial charge in [0, 0.05) is 19.2 Å². The number of rotatable bonds is 3. The van der Waals surface area contributed by atoms with Crippen molar-refractivity contribution in [3.63, 3.8) is 0 Å². The third-order valence-corrected chi connectivity index (χ3v) is 3.64. The van der Waals surface area contributed by atoms with Crippen molar-refractivity contribution in [3.05, 3.63) is 41.0 Å². The van der Waals surface area contributed by atoms with Crippen LogP contribution in [0.4, 0.5) is 4.79 Å². The summed E-state index contributed by atoms with van der Waals surface area (Å²) < 4.78 is 10.3. The van der Waals surface area contributed by atoms with Crippen LogP contribution in [-0.4, -0.2) is 35.7 Å². The Hall–Kier alpha value is -2.30. The molecule has 0 radical (unpaired) electrons. The van der Waals surface area contributed by atoms with Crippen molar-refractivity contribution in [3.8, 4) is 0 Å². The highest BCUT2D eigenvalue weighted by molar-refractivity contribution is 5.87. The van der Waals surface area contributed by atoms with Gasteiger partial charge in [-0.25, -0.2) is 9.59 Å². The standard InChI is InChI=1S/C19H25NO4/c1-5-23-17(21)10-9-14-7-6-8-15-13-20(12-11-16(14)15)18(22)24-19(2,3)4/h6-10H,5,11-13H2,1-4H3. The van der Waals surface area contributed by atoms with Crippen molar-refractivity contribution >= 4 is 18.1 Å². The molecular formula is C19H25NO4. The molecule has 0 unspecified atom stereocenters. The molecule has 0 fully saturated rings. The number of ether oxygens (including phenoxy) is 2. The van der Waals surface area contributed by atoms with Crippen LogP contribution in [0.15, 0.2) is 24.3 Å². The summed E-state index contributed by atoms with van der Waals surface area (Å²) in [6.45, 7) is 8.85. The third-order valence-electron chi connectivity index (χ3n) is 3.64. The van der Waals surface area contributed by atoms with Gasteiger partial charge in [-0.3, -0.25) is 0 Å². The van der Waals surface area contributed by atoms with Gasteiger partial charge in [0.1, 0.15) is 5.60 Å². The SMILES string of the molecule is CCOC(=O)C=Cc1cccc2c1CCN(C(=O)OC(C)(C)C)C2. The summed E-state index contributed by atoms with van der Waals surface area (Å²) in [4.78, 5) is 25.4. The van der Waals surface area contributed by atoms with E-state index in [4.69, 9.17) is 9.47 Å². The molecule has 5 nitrogen and oxygen atoms in total. The van der Waals surface area contributed by atoms with Crippen molar-refractivity contribution in [2.75, 3.05) is 13.2 Å². The van der Waals surface area contributed by atoms with Crippen LogP contribution in [0.25, 0.3) is 6.08 Å². The molecule has 2 rings (SSSR count). The molecule has 130 valence electrons. The molecule has 0 atom stereocenters. The molecule has 0 bridgehead atoms. The van der Waals surface area contributed by atoms with Crippen LogP contribution >= 0.6 is 0 Å². The van der Waals surface area contributed by atoms with E-state index < -0.39 is 5.60 Å². The lowest BCUT2D eigenvalue weighted by molar-refractivity contribution is -0.137. The van der Waals surface area contributed by atoms with E-state index in [9.17, 15) is 9.59 Å². The minimum Gasteiger partial charge on any atom is -0.463 e. The zero-order valence-electron chi connectivity index (χ0n) is 14.8. The van der Waals surface area contributed by atoms with Gasteiger partial charge in [-0.1, -0.05) is 18.2 Å². The first kappa shape index (κ1) is 18.0. The zero-order chi connectivity index (χ0) is 17.7. The number of fused-ring (bicyclic) bond motifs is 1. The summed E-state index contributed by atoms with van der Waals surface area (Å²) in [5.74, 6) is -0.346. The van der Waals surface area contributed by atoms with E-state index in [2.05, 4.69) is 0 Å². The predicted octanol–water partition coefficient (Wildman–Crippen LogP) is 3.56. The summed E-state index contributed by atoms with van der Waals surface area (Å²) in [6, 6.07) is 5.91. The van der Waals surface area contributed by atoms with E-state index in [1.165, 1.54) is 6.08 Å². The summed E-state index contributed by atoms with van der Waals surface area (Å²) in [6.07, 6.45) is 3.66. The zero-order valence-corrected chi connectivity index (χ0v) is 14.8. The fraction of sp³-hybridized carbons (Fsp3) is 0.474. The molecule has 1 amide bonds. The lowest BCUT2D eigenvalue weighted by Gasteiger charge is -2.31. The Morgan fingerprint density at radius 1 is 1.29 bits per heavy atom. The molecule has 0 N–H and O–H groups in total. The first-order valence-electron chi connectivity index (χ1n) is 8.23. The fourth-order valence-corrected chi connectivity index (χ4v) is 2.63. The Bertz CT molecular complexity index is 643. The average molecular weight is 331 g/mol. The van der Waals surface area contributed by atoms with Gasteiger partial charge in [0.05, 0.1) is 6.61 Å². The second-order valence-electron chi connectivity index (χ2n) is 6.72. The van der Waals surface area contributed by atoms with Crippen molar-refractivity contribution in [1.82, 2.24) is 4.90 Å². The lowest BCUT2D eigenvalue weighted by atomic mass is 9.94. The predicted molar refractivity (Wildman–Crippen MR) is 92.5 cm³/mol. The Kier molecular flexibility index (Phi) is 5.65. The van der Waals surface area contributed by atoms with Crippen LogP contribution in [0.3, 0.4) is 0 Å². The molecule has 24 heavy (non-hydrogen) atoms. The fourth-order valence-electron chi connectivity index (χ4n) is 2.63. The highest BCUT2D eigenvalue weighted by Crippen LogP contribution is 2.25. The third kappa shape index (κ3) is 4.85. The van der Waals surface area contributed by atoms with Gasteiger partial charge in [-0.2, -0.15) is 0 Å². The minimum absolute atomic E-state index is 0.291. The van der Waals surface area contributed by atoms with Crippen molar-refractivity contribution in [2.24, 2.45) is 0 Å². The number of hydrogen-bond acceptors (Lipinski definition) is 4. The molecule has 5 heteroatoms. The van der Waals surface area contributed by atoms with Crippen LogP contribution in [-0.2, 0) is 27.2 Å². The van der Waals surface area contributed by atoms with Gasteiger partial charge in [0.15, 0.2) is 0 Å². The molecule has 0 saturated carbocycles. The number of carbonyl (C=O) groups excluding carboxylic acids is 2. The Morgan fingerprint density at radius 2 is 2.04 bits per heavy atom. The number of esters is 1. The van der Waals surface area contributed by atoms with E-state index >= 15 is 0 Å². The van der Waals surface area contributed by atoms with Crippen LogP contribution in [0.5, 0.6) is 0 Å². The molecule has 0 saturated heterocycles. The maximum Gasteiger partial charge on any atom is 0.410 e. The van der Waals surface area contributed by atoms with Crippen molar-refractivity contribution in [2.45, 2.75) is 46.3 Å². The summed E-state index contributed by atoms with van der Waals surface area (Å²) in [7, 11) is 0. The quantitative estimate of drug-likeness (QED) is 0.628. The van der Waals surface area contributed by atoms with Crippen molar-refractivity contribution in [1.29, 1.82) is 0 Å². The smallest absolute Gasteiger partial charge is 0.410 e. The first-order valence-corrected chi connectivity index (χ1v) is 8.23. The normalized spacial score (nSPS) is 14.4. The van der Waals surface area contributed by atoms with Gasteiger partial charge < -0.3 is 14.4 Å². The molecule has 1 heterocycles. The van der Waals surface area contributed by atoms with Gasteiger partial charge in [-0.05, 0) is 56.9 Å². The van der Waals surface area contributed by atoms with Crippen LogP contribution in [0.2, 0.25) is 0 Å². The molecule has 0 aromatic heterocycles. The Morgan fingerprint density at radius 3 is 2.71 bits per heavy atom. The van der Waals surface area contributed by atoms with E-state index in [0.29, 0.717) is 19.7 Å². The average Bonchev–Trinajstić information content (AvgIpc) is 2.51. The molecule has 0 aliphatic carbocycles. The van der Waals surface area contributed by atoms with E-state index in [1.54, 1.807) is 17.9 Å².